The molecule has 0 saturated heterocycles. The highest BCUT2D eigenvalue weighted by molar-refractivity contribution is 5.79. The average molecular weight is 407 g/mol. The zero-order valence-electron chi connectivity index (χ0n) is 17.8. The normalized spacial score (nSPS) is 19.4. The second kappa shape index (κ2) is 8.50. The van der Waals surface area contributed by atoms with E-state index in [0.29, 0.717) is 19.5 Å². The highest BCUT2D eigenvalue weighted by Gasteiger charge is 2.39. The Bertz CT molecular complexity index is 918. The Morgan fingerprint density at radius 2 is 1.87 bits per heavy atom. The summed E-state index contributed by atoms with van der Waals surface area (Å²) in [6.45, 7) is 2.89. The van der Waals surface area contributed by atoms with Crippen LogP contribution in [0.4, 0.5) is 0 Å². The van der Waals surface area contributed by atoms with Gasteiger partial charge >= 0.3 is 0 Å². The van der Waals surface area contributed by atoms with Crippen molar-refractivity contribution in [3.63, 3.8) is 0 Å². The third-order valence-electron chi connectivity index (χ3n) is 6.83. The number of fused-ring (bicyclic) bond motifs is 1. The van der Waals surface area contributed by atoms with Crippen LogP contribution in [0.2, 0.25) is 0 Å². The first kappa shape index (κ1) is 20.5. The SMILES string of the molecule is COc1ccc(C2(CNC(=O)CC3c4ccccc4CCN3C(C)=O)CCC2)cc1. The van der Waals surface area contributed by atoms with Crippen LogP contribution in [0.3, 0.4) is 0 Å². The van der Waals surface area contributed by atoms with Gasteiger partial charge in [0.1, 0.15) is 5.75 Å². The van der Waals surface area contributed by atoms with E-state index in [2.05, 4.69) is 23.5 Å². The molecule has 1 fully saturated rings. The second-order valence-corrected chi connectivity index (χ2v) is 8.52. The number of benzene rings is 2. The molecule has 1 aliphatic carbocycles. The molecule has 1 heterocycles. The van der Waals surface area contributed by atoms with Crippen LogP contribution in [-0.2, 0) is 21.4 Å². The van der Waals surface area contributed by atoms with Crippen molar-refractivity contribution < 1.29 is 14.3 Å². The fourth-order valence-corrected chi connectivity index (χ4v) is 4.88. The summed E-state index contributed by atoms with van der Waals surface area (Å²) in [6, 6.07) is 16.2. The van der Waals surface area contributed by atoms with E-state index in [9.17, 15) is 9.59 Å². The summed E-state index contributed by atoms with van der Waals surface area (Å²) in [6.07, 6.45) is 4.47. The molecule has 0 bridgehead atoms. The molecule has 1 N–H and O–H groups in total. The van der Waals surface area contributed by atoms with Crippen molar-refractivity contribution in [2.75, 3.05) is 20.2 Å². The molecule has 5 heteroatoms. The van der Waals surface area contributed by atoms with Crippen LogP contribution in [0.15, 0.2) is 48.5 Å². The molecule has 2 aromatic carbocycles. The van der Waals surface area contributed by atoms with Gasteiger partial charge in [0.2, 0.25) is 11.8 Å². The van der Waals surface area contributed by atoms with Gasteiger partial charge in [-0.25, -0.2) is 0 Å². The Hall–Kier alpha value is -2.82. The summed E-state index contributed by atoms with van der Waals surface area (Å²) < 4.78 is 5.27. The number of ether oxygens (including phenoxy) is 1. The Morgan fingerprint density at radius 1 is 1.13 bits per heavy atom. The zero-order chi connectivity index (χ0) is 21.1. The fraction of sp³-hybridized carbons (Fsp3) is 0.440. The van der Waals surface area contributed by atoms with Crippen LogP contribution < -0.4 is 10.1 Å². The van der Waals surface area contributed by atoms with Gasteiger partial charge in [-0.1, -0.05) is 42.8 Å². The van der Waals surface area contributed by atoms with Gasteiger partial charge in [0, 0.05) is 25.4 Å². The molecule has 1 unspecified atom stereocenters. The fourth-order valence-electron chi connectivity index (χ4n) is 4.88. The summed E-state index contributed by atoms with van der Waals surface area (Å²) in [4.78, 5) is 27.0. The van der Waals surface area contributed by atoms with Gasteiger partial charge in [0.05, 0.1) is 19.6 Å². The number of hydrogen-bond donors (Lipinski definition) is 1. The quantitative estimate of drug-likeness (QED) is 0.795. The predicted molar refractivity (Wildman–Crippen MR) is 116 cm³/mol. The number of rotatable bonds is 6. The topological polar surface area (TPSA) is 58.6 Å². The molecule has 158 valence electrons. The van der Waals surface area contributed by atoms with Crippen LogP contribution in [0.1, 0.15) is 55.3 Å². The smallest absolute Gasteiger partial charge is 0.222 e. The van der Waals surface area contributed by atoms with Gasteiger partial charge in [-0.2, -0.15) is 0 Å². The summed E-state index contributed by atoms with van der Waals surface area (Å²) >= 11 is 0. The summed E-state index contributed by atoms with van der Waals surface area (Å²) in [5.41, 5.74) is 3.60. The monoisotopic (exact) mass is 406 g/mol. The number of methoxy groups -OCH3 is 1. The maximum Gasteiger partial charge on any atom is 0.222 e. The highest BCUT2D eigenvalue weighted by atomic mass is 16.5. The summed E-state index contributed by atoms with van der Waals surface area (Å²) in [5.74, 6) is 0.872. The van der Waals surface area contributed by atoms with Gasteiger partial charge in [-0.3, -0.25) is 9.59 Å². The van der Waals surface area contributed by atoms with E-state index in [4.69, 9.17) is 4.74 Å². The molecule has 1 aliphatic heterocycles. The molecular formula is C25H30N2O3. The Kier molecular flexibility index (Phi) is 5.80. The van der Waals surface area contributed by atoms with E-state index in [1.165, 1.54) is 17.5 Å². The minimum atomic E-state index is -0.189. The number of carbonyl (C=O) groups excluding carboxylic acids is 2. The van der Waals surface area contributed by atoms with Crippen molar-refractivity contribution in [1.29, 1.82) is 0 Å². The van der Waals surface area contributed by atoms with Crippen LogP contribution in [0, 0.1) is 0 Å². The Labute approximate surface area is 178 Å². The number of hydrogen-bond acceptors (Lipinski definition) is 3. The molecule has 0 radical (unpaired) electrons. The molecule has 0 spiro atoms. The van der Waals surface area contributed by atoms with E-state index in [0.717, 1.165) is 30.6 Å². The minimum absolute atomic E-state index is 0.00254. The van der Waals surface area contributed by atoms with E-state index < -0.39 is 0 Å². The highest BCUT2D eigenvalue weighted by Crippen LogP contribution is 2.43. The molecular weight excluding hydrogens is 376 g/mol. The lowest BCUT2D eigenvalue weighted by Crippen LogP contribution is -2.47. The molecule has 4 rings (SSSR count). The summed E-state index contributed by atoms with van der Waals surface area (Å²) in [7, 11) is 1.67. The standard InChI is InChI=1S/C25H30N2O3/c1-18(28)27-15-12-19-6-3-4-7-22(19)23(27)16-24(29)26-17-25(13-5-14-25)20-8-10-21(30-2)11-9-20/h3-4,6-11,23H,5,12-17H2,1-2H3,(H,26,29). The zero-order valence-corrected chi connectivity index (χ0v) is 17.8. The van der Waals surface area contributed by atoms with Gasteiger partial charge in [-0.05, 0) is 48.1 Å². The molecule has 1 saturated carbocycles. The van der Waals surface area contributed by atoms with E-state index >= 15 is 0 Å². The molecule has 2 aromatic rings. The van der Waals surface area contributed by atoms with Crippen molar-refractivity contribution in [3.8, 4) is 5.75 Å². The van der Waals surface area contributed by atoms with Crippen molar-refractivity contribution >= 4 is 11.8 Å². The third kappa shape index (κ3) is 3.93. The van der Waals surface area contributed by atoms with Crippen LogP contribution >= 0.6 is 0 Å². The molecule has 5 nitrogen and oxygen atoms in total. The molecule has 30 heavy (non-hydrogen) atoms. The molecule has 0 aromatic heterocycles. The van der Waals surface area contributed by atoms with Crippen LogP contribution in [0.5, 0.6) is 5.75 Å². The van der Waals surface area contributed by atoms with Crippen LogP contribution in [-0.4, -0.2) is 36.9 Å². The van der Waals surface area contributed by atoms with Crippen molar-refractivity contribution in [2.24, 2.45) is 0 Å². The number of amides is 2. The van der Waals surface area contributed by atoms with Gasteiger partial charge < -0.3 is 15.0 Å². The average Bonchev–Trinajstić information content (AvgIpc) is 2.73. The van der Waals surface area contributed by atoms with E-state index in [1.54, 1.807) is 14.0 Å². The lowest BCUT2D eigenvalue weighted by atomic mass is 9.64. The van der Waals surface area contributed by atoms with E-state index in [1.807, 2.05) is 35.2 Å². The number of nitrogens with one attached hydrogen (secondary N) is 1. The van der Waals surface area contributed by atoms with Crippen molar-refractivity contribution in [3.05, 3.63) is 65.2 Å². The van der Waals surface area contributed by atoms with Gasteiger partial charge in [0.25, 0.3) is 0 Å². The number of carbonyl (C=O) groups is 2. The lowest BCUT2D eigenvalue weighted by molar-refractivity contribution is -0.133. The molecule has 2 amide bonds. The molecule has 2 aliphatic rings. The predicted octanol–water partition coefficient (Wildman–Crippen LogP) is 3.77. The minimum Gasteiger partial charge on any atom is -0.497 e. The van der Waals surface area contributed by atoms with Crippen molar-refractivity contribution in [2.45, 2.75) is 50.5 Å². The summed E-state index contributed by atoms with van der Waals surface area (Å²) in [5, 5.41) is 3.18. The first-order valence-electron chi connectivity index (χ1n) is 10.8. The lowest BCUT2D eigenvalue weighted by Gasteiger charge is -2.43. The maximum absolute atomic E-state index is 12.9. The van der Waals surface area contributed by atoms with E-state index in [-0.39, 0.29) is 23.3 Å². The van der Waals surface area contributed by atoms with Gasteiger partial charge in [-0.15, -0.1) is 0 Å². The first-order valence-corrected chi connectivity index (χ1v) is 10.8. The van der Waals surface area contributed by atoms with Crippen LogP contribution in [0.25, 0.3) is 0 Å². The van der Waals surface area contributed by atoms with Gasteiger partial charge in [0.15, 0.2) is 0 Å². The largest absolute Gasteiger partial charge is 0.497 e. The first-order chi connectivity index (χ1) is 14.5. The van der Waals surface area contributed by atoms with Crippen molar-refractivity contribution in [1.82, 2.24) is 10.2 Å². The maximum atomic E-state index is 12.9. The second-order valence-electron chi connectivity index (χ2n) is 8.52. The Morgan fingerprint density at radius 3 is 2.50 bits per heavy atom. The third-order valence-corrected chi connectivity index (χ3v) is 6.83. The number of nitrogens with zero attached hydrogens (tertiary/aromatic N) is 1. The Balaban J connectivity index is 1.45. The molecule has 1 atom stereocenters.